The first-order valence-corrected chi connectivity index (χ1v) is 9.60. The molecule has 0 aliphatic heterocycles. The molecule has 0 spiro atoms. The number of rotatable bonds is 6. The molecule has 0 radical (unpaired) electrons. The molecule has 1 aliphatic rings. The van der Waals surface area contributed by atoms with Gasteiger partial charge in [-0.2, -0.15) is 13.2 Å². The number of hydrogen-bond acceptors (Lipinski definition) is 2. The number of aryl methyl sites for hydroxylation is 1. The van der Waals surface area contributed by atoms with Crippen molar-refractivity contribution in [3.05, 3.63) is 65.2 Å². The Morgan fingerprint density at radius 1 is 1.14 bits per heavy atom. The Bertz CT molecular complexity index is 896. The molecule has 29 heavy (non-hydrogen) atoms. The van der Waals surface area contributed by atoms with Gasteiger partial charge in [0.2, 0.25) is 5.91 Å². The molecule has 1 unspecified atom stereocenters. The third-order valence-electron chi connectivity index (χ3n) is 5.18. The maximum atomic E-state index is 12.7. The Morgan fingerprint density at radius 2 is 1.90 bits per heavy atom. The molecule has 4 nitrogen and oxygen atoms in total. The van der Waals surface area contributed by atoms with Gasteiger partial charge in [0.15, 0.2) is 0 Å². The van der Waals surface area contributed by atoms with E-state index in [0.29, 0.717) is 17.7 Å². The number of carbonyl (C=O) groups is 2. The fraction of sp³-hybridized carbons (Fsp3) is 0.364. The lowest BCUT2D eigenvalue weighted by atomic mass is 9.97. The molecule has 2 aromatic carbocycles. The highest BCUT2D eigenvalue weighted by molar-refractivity contribution is 5.91. The summed E-state index contributed by atoms with van der Waals surface area (Å²) in [4.78, 5) is 24.7. The van der Waals surface area contributed by atoms with Crippen LogP contribution in [-0.2, 0) is 22.6 Å². The van der Waals surface area contributed by atoms with Gasteiger partial charge in [-0.05, 0) is 54.5 Å². The van der Waals surface area contributed by atoms with E-state index in [0.717, 1.165) is 17.7 Å². The smallest absolute Gasteiger partial charge is 0.331 e. The second-order valence-corrected chi connectivity index (χ2v) is 7.20. The summed E-state index contributed by atoms with van der Waals surface area (Å²) < 4.78 is 38.1. The number of alkyl halides is 3. The van der Waals surface area contributed by atoms with Crippen molar-refractivity contribution < 1.29 is 22.8 Å². The molecule has 7 heteroatoms. The molecule has 0 saturated heterocycles. The molecule has 0 fully saturated rings. The van der Waals surface area contributed by atoms with Crippen molar-refractivity contribution in [3.8, 4) is 0 Å². The molecule has 2 aromatic rings. The minimum Gasteiger partial charge on any atom is -0.331 e. The highest BCUT2D eigenvalue weighted by Crippen LogP contribution is 2.35. The lowest BCUT2D eigenvalue weighted by Gasteiger charge is -2.22. The summed E-state index contributed by atoms with van der Waals surface area (Å²) in [5.41, 5.74) is 3.52. The lowest BCUT2D eigenvalue weighted by Crippen LogP contribution is -2.40. The van der Waals surface area contributed by atoms with Crippen molar-refractivity contribution >= 4 is 17.5 Å². The van der Waals surface area contributed by atoms with Crippen molar-refractivity contribution in [2.45, 2.75) is 44.8 Å². The average Bonchev–Trinajstić information content (AvgIpc) is 3.08. The minimum atomic E-state index is -4.90. The van der Waals surface area contributed by atoms with Crippen LogP contribution in [0.2, 0.25) is 0 Å². The molecule has 0 heterocycles. The number of nitrogens with one attached hydrogen (secondary N) is 1. The molecule has 1 atom stereocenters. The van der Waals surface area contributed by atoms with Gasteiger partial charge in [0.25, 0.3) is 0 Å². The second-order valence-electron chi connectivity index (χ2n) is 7.20. The molecule has 1 aliphatic carbocycles. The highest BCUT2D eigenvalue weighted by Gasteiger charge is 2.41. The predicted octanol–water partition coefficient (Wildman–Crippen LogP) is 4.66. The number of hydrogen-bond donors (Lipinski definition) is 1. The van der Waals surface area contributed by atoms with E-state index in [-0.39, 0.29) is 24.9 Å². The molecule has 0 aromatic heterocycles. The number of fused-ring (bicyclic) bond motifs is 1. The second kappa shape index (κ2) is 8.68. The zero-order valence-corrected chi connectivity index (χ0v) is 16.1. The van der Waals surface area contributed by atoms with Crippen LogP contribution in [0.15, 0.2) is 48.5 Å². The van der Waals surface area contributed by atoms with Gasteiger partial charge >= 0.3 is 12.1 Å². The first-order valence-electron chi connectivity index (χ1n) is 9.60. The van der Waals surface area contributed by atoms with E-state index in [1.165, 1.54) is 18.1 Å². The van der Waals surface area contributed by atoms with Gasteiger partial charge in [-0.15, -0.1) is 0 Å². The van der Waals surface area contributed by atoms with Gasteiger partial charge in [0, 0.05) is 25.2 Å². The number of nitrogens with zero attached hydrogens (tertiary/aromatic N) is 1. The summed E-state index contributed by atoms with van der Waals surface area (Å²) in [6.07, 6.45) is -2.66. The SMILES string of the molecule is CCN(Cc1cccc(NC(=O)CC2CCc3ccccc32)c1)C(=O)C(F)(F)F. The largest absolute Gasteiger partial charge is 0.471 e. The van der Waals surface area contributed by atoms with Crippen LogP contribution in [0.3, 0.4) is 0 Å². The van der Waals surface area contributed by atoms with Crippen molar-refractivity contribution in [1.82, 2.24) is 4.90 Å². The predicted molar refractivity (Wildman–Crippen MR) is 104 cm³/mol. The van der Waals surface area contributed by atoms with E-state index in [9.17, 15) is 22.8 Å². The highest BCUT2D eigenvalue weighted by atomic mass is 19.4. The fourth-order valence-electron chi connectivity index (χ4n) is 3.77. The van der Waals surface area contributed by atoms with Crippen LogP contribution < -0.4 is 5.32 Å². The van der Waals surface area contributed by atoms with Crippen LogP contribution in [0, 0.1) is 0 Å². The van der Waals surface area contributed by atoms with Crippen molar-refractivity contribution in [2.75, 3.05) is 11.9 Å². The van der Waals surface area contributed by atoms with Crippen molar-refractivity contribution in [2.24, 2.45) is 0 Å². The quantitative estimate of drug-likeness (QED) is 0.762. The van der Waals surface area contributed by atoms with Crippen LogP contribution in [-0.4, -0.2) is 29.4 Å². The van der Waals surface area contributed by atoms with Crippen molar-refractivity contribution in [3.63, 3.8) is 0 Å². The zero-order chi connectivity index (χ0) is 21.0. The van der Waals surface area contributed by atoms with Crippen molar-refractivity contribution in [1.29, 1.82) is 0 Å². The van der Waals surface area contributed by atoms with Gasteiger partial charge in [-0.3, -0.25) is 9.59 Å². The van der Waals surface area contributed by atoms with Gasteiger partial charge in [0.05, 0.1) is 0 Å². The fourth-order valence-corrected chi connectivity index (χ4v) is 3.77. The summed E-state index contributed by atoms with van der Waals surface area (Å²) in [5, 5.41) is 2.83. The van der Waals surface area contributed by atoms with E-state index >= 15 is 0 Å². The minimum absolute atomic E-state index is 0.0595. The molecular weight excluding hydrogens is 381 g/mol. The Hall–Kier alpha value is -2.83. The Kier molecular flexibility index (Phi) is 6.25. The van der Waals surface area contributed by atoms with Crippen LogP contribution in [0.4, 0.5) is 18.9 Å². The van der Waals surface area contributed by atoms with Gasteiger partial charge in [-0.25, -0.2) is 0 Å². The zero-order valence-electron chi connectivity index (χ0n) is 16.1. The molecule has 3 rings (SSSR count). The normalized spacial score (nSPS) is 15.7. The monoisotopic (exact) mass is 404 g/mol. The van der Waals surface area contributed by atoms with E-state index < -0.39 is 12.1 Å². The number of halogens is 3. The van der Waals surface area contributed by atoms with E-state index in [2.05, 4.69) is 17.4 Å². The molecular formula is C22H23F3N2O2. The third kappa shape index (κ3) is 5.16. The first-order chi connectivity index (χ1) is 13.8. The summed E-state index contributed by atoms with van der Waals surface area (Å²) in [6.45, 7) is 1.26. The lowest BCUT2D eigenvalue weighted by molar-refractivity contribution is -0.185. The Morgan fingerprint density at radius 3 is 2.62 bits per heavy atom. The maximum Gasteiger partial charge on any atom is 0.471 e. The number of benzene rings is 2. The first kappa shape index (κ1) is 20.9. The van der Waals surface area contributed by atoms with Crippen LogP contribution in [0.25, 0.3) is 0 Å². The number of anilines is 1. The number of amides is 2. The molecule has 154 valence electrons. The molecule has 1 N–H and O–H groups in total. The van der Waals surface area contributed by atoms with E-state index in [4.69, 9.17) is 0 Å². The van der Waals surface area contributed by atoms with E-state index in [1.54, 1.807) is 24.3 Å². The standard InChI is InChI=1S/C22H23F3N2O2/c1-2-27(21(29)22(23,24)25)14-15-6-5-8-18(12-15)26-20(28)13-17-11-10-16-7-3-4-9-19(16)17/h3-9,12,17H,2,10-11,13-14H2,1H3,(H,26,28). The molecule has 0 saturated carbocycles. The Labute approximate surface area is 167 Å². The summed E-state index contributed by atoms with van der Waals surface area (Å²) in [5.74, 6) is -1.83. The summed E-state index contributed by atoms with van der Waals surface area (Å²) in [6, 6.07) is 14.7. The van der Waals surface area contributed by atoms with Gasteiger partial charge < -0.3 is 10.2 Å². The number of carbonyl (C=O) groups excluding carboxylic acids is 2. The van der Waals surface area contributed by atoms with Crippen LogP contribution in [0.1, 0.15) is 42.4 Å². The van der Waals surface area contributed by atoms with Crippen LogP contribution in [0.5, 0.6) is 0 Å². The van der Waals surface area contributed by atoms with Gasteiger partial charge in [0.1, 0.15) is 0 Å². The van der Waals surface area contributed by atoms with E-state index in [1.807, 2.05) is 12.1 Å². The summed E-state index contributed by atoms with van der Waals surface area (Å²) >= 11 is 0. The Balaban J connectivity index is 1.62. The third-order valence-corrected chi connectivity index (χ3v) is 5.18. The van der Waals surface area contributed by atoms with Gasteiger partial charge in [-0.1, -0.05) is 36.4 Å². The molecule has 2 amide bonds. The van der Waals surface area contributed by atoms with Crippen LogP contribution >= 0.6 is 0 Å². The molecule has 0 bridgehead atoms. The topological polar surface area (TPSA) is 49.4 Å². The average molecular weight is 404 g/mol. The summed E-state index contributed by atoms with van der Waals surface area (Å²) in [7, 11) is 0. The maximum absolute atomic E-state index is 12.7.